The number of hydrogen-bond donors (Lipinski definition) is 2. The van der Waals surface area contributed by atoms with E-state index >= 15 is 0 Å². The van der Waals surface area contributed by atoms with Crippen molar-refractivity contribution in [3.8, 4) is 22.5 Å². The van der Waals surface area contributed by atoms with Crippen LogP contribution in [-0.4, -0.2) is 25.8 Å². The van der Waals surface area contributed by atoms with Crippen LogP contribution in [0.15, 0.2) is 59.5 Å². The van der Waals surface area contributed by atoms with Crippen molar-refractivity contribution in [3.63, 3.8) is 0 Å². The molecular formula is C19H15FN6O2. The lowest BCUT2D eigenvalue weighted by molar-refractivity contribution is 0.101. The van der Waals surface area contributed by atoms with E-state index < -0.39 is 11.9 Å². The summed E-state index contributed by atoms with van der Waals surface area (Å²) in [5, 5.41) is 10.6. The van der Waals surface area contributed by atoms with Crippen LogP contribution >= 0.6 is 0 Å². The lowest BCUT2D eigenvalue weighted by atomic mass is 10.1. The zero-order chi connectivity index (χ0) is 19.7. The van der Waals surface area contributed by atoms with Crippen LogP contribution in [-0.2, 0) is 7.05 Å². The molecule has 0 atom stereocenters. The number of nitrogen functional groups attached to an aromatic ring is 1. The Morgan fingerprint density at radius 2 is 1.96 bits per heavy atom. The molecule has 0 fully saturated rings. The summed E-state index contributed by atoms with van der Waals surface area (Å²) in [6.45, 7) is 0. The van der Waals surface area contributed by atoms with Crippen molar-refractivity contribution in [3.05, 3.63) is 66.6 Å². The largest absolute Gasteiger partial charge is 0.397 e. The van der Waals surface area contributed by atoms with E-state index in [0.29, 0.717) is 28.3 Å². The molecule has 9 heteroatoms. The van der Waals surface area contributed by atoms with Gasteiger partial charge < -0.3 is 15.6 Å². The first-order valence-electron chi connectivity index (χ1n) is 8.28. The molecule has 3 aromatic heterocycles. The minimum absolute atomic E-state index is 0.104. The number of nitrogens with two attached hydrogens (primary N) is 1. The molecule has 0 spiro atoms. The molecular weight excluding hydrogens is 363 g/mol. The number of nitrogens with one attached hydrogen (secondary N) is 1. The summed E-state index contributed by atoms with van der Waals surface area (Å²) in [7, 11) is 1.78. The predicted molar refractivity (Wildman–Crippen MR) is 101 cm³/mol. The molecule has 0 aliphatic heterocycles. The van der Waals surface area contributed by atoms with Gasteiger partial charge in [-0.3, -0.25) is 9.48 Å². The van der Waals surface area contributed by atoms with E-state index in [1.165, 1.54) is 18.3 Å². The lowest BCUT2D eigenvalue weighted by Gasteiger charge is -2.09. The number of rotatable bonds is 4. The molecule has 3 N–H and O–H groups in total. The normalized spacial score (nSPS) is 10.8. The molecule has 3 heterocycles. The standard InChI is InChI=1S/C19H15FN6O2/c1-26-10-13(9-23-26)17-7-16(25-28-17)19(27)24-15-6-11(2-4-14(15)21)12-3-5-18(20)22-8-12/h2-10H,21H2,1H3,(H,24,27). The van der Waals surface area contributed by atoms with Gasteiger partial charge in [-0.2, -0.15) is 9.49 Å². The molecule has 4 rings (SSSR count). The summed E-state index contributed by atoms with van der Waals surface area (Å²) in [4.78, 5) is 16.2. The third kappa shape index (κ3) is 3.45. The van der Waals surface area contributed by atoms with Crippen molar-refractivity contribution in [1.29, 1.82) is 0 Å². The van der Waals surface area contributed by atoms with Gasteiger partial charge in [-0.25, -0.2) is 4.98 Å². The number of halogens is 1. The lowest BCUT2D eigenvalue weighted by Crippen LogP contribution is -2.13. The van der Waals surface area contributed by atoms with Crippen LogP contribution in [0.3, 0.4) is 0 Å². The van der Waals surface area contributed by atoms with Crippen molar-refractivity contribution in [1.82, 2.24) is 19.9 Å². The highest BCUT2D eigenvalue weighted by Gasteiger charge is 2.16. The summed E-state index contributed by atoms with van der Waals surface area (Å²) in [5.74, 6) is -0.611. The monoisotopic (exact) mass is 378 g/mol. The summed E-state index contributed by atoms with van der Waals surface area (Å²) in [6, 6.07) is 9.48. The molecule has 8 nitrogen and oxygen atoms in total. The Morgan fingerprint density at radius 1 is 1.14 bits per heavy atom. The fourth-order valence-corrected chi connectivity index (χ4v) is 2.64. The number of carbonyl (C=O) groups is 1. The van der Waals surface area contributed by atoms with Gasteiger partial charge in [-0.1, -0.05) is 11.2 Å². The van der Waals surface area contributed by atoms with Gasteiger partial charge >= 0.3 is 0 Å². The van der Waals surface area contributed by atoms with Crippen LogP contribution in [0.25, 0.3) is 22.5 Å². The van der Waals surface area contributed by atoms with E-state index in [4.69, 9.17) is 10.3 Å². The van der Waals surface area contributed by atoms with E-state index in [2.05, 4.69) is 20.6 Å². The number of pyridine rings is 1. The topological polar surface area (TPSA) is 112 Å². The molecule has 28 heavy (non-hydrogen) atoms. The number of aromatic nitrogens is 4. The number of nitrogens with zero attached hydrogens (tertiary/aromatic N) is 4. The number of aryl methyl sites for hydroxylation is 1. The molecule has 0 unspecified atom stereocenters. The van der Waals surface area contributed by atoms with Gasteiger partial charge in [0.05, 0.1) is 23.1 Å². The van der Waals surface area contributed by atoms with Crippen molar-refractivity contribution in [2.75, 3.05) is 11.1 Å². The Hall–Kier alpha value is -4.01. The van der Waals surface area contributed by atoms with Gasteiger partial charge in [-0.15, -0.1) is 0 Å². The molecule has 1 amide bonds. The van der Waals surface area contributed by atoms with Gasteiger partial charge in [0.2, 0.25) is 5.95 Å². The van der Waals surface area contributed by atoms with Crippen LogP contribution in [0, 0.1) is 5.95 Å². The first-order chi connectivity index (χ1) is 13.5. The Bertz CT molecular complexity index is 1150. The summed E-state index contributed by atoms with van der Waals surface area (Å²) in [6.07, 6.45) is 4.77. The number of anilines is 2. The third-order valence-electron chi connectivity index (χ3n) is 4.09. The van der Waals surface area contributed by atoms with Gasteiger partial charge in [0.25, 0.3) is 5.91 Å². The minimum Gasteiger partial charge on any atom is -0.397 e. The van der Waals surface area contributed by atoms with Crippen molar-refractivity contribution < 1.29 is 13.7 Å². The molecule has 0 saturated heterocycles. The van der Waals surface area contributed by atoms with Gasteiger partial charge in [0, 0.05) is 31.1 Å². The number of benzene rings is 1. The van der Waals surface area contributed by atoms with E-state index in [9.17, 15) is 9.18 Å². The third-order valence-corrected chi connectivity index (χ3v) is 4.09. The highest BCUT2D eigenvalue weighted by atomic mass is 19.1. The Morgan fingerprint density at radius 3 is 2.68 bits per heavy atom. The van der Waals surface area contributed by atoms with Crippen LogP contribution in [0.1, 0.15) is 10.5 Å². The predicted octanol–water partition coefficient (Wildman–Crippen LogP) is 3.11. The van der Waals surface area contributed by atoms with Gasteiger partial charge in [-0.05, 0) is 29.8 Å². The number of carbonyl (C=O) groups excluding carboxylic acids is 1. The summed E-state index contributed by atoms with van der Waals surface area (Å²) < 4.78 is 19.9. The van der Waals surface area contributed by atoms with Gasteiger partial charge in [0.1, 0.15) is 0 Å². The molecule has 0 radical (unpaired) electrons. The van der Waals surface area contributed by atoms with E-state index in [-0.39, 0.29) is 5.69 Å². The second kappa shape index (κ2) is 6.95. The quantitative estimate of drug-likeness (QED) is 0.417. The first-order valence-corrected chi connectivity index (χ1v) is 8.28. The maximum Gasteiger partial charge on any atom is 0.277 e. The maximum atomic E-state index is 13.0. The fourth-order valence-electron chi connectivity index (χ4n) is 2.64. The molecule has 4 aromatic rings. The first kappa shape index (κ1) is 17.4. The van der Waals surface area contributed by atoms with Crippen molar-refractivity contribution in [2.45, 2.75) is 0 Å². The molecule has 0 bridgehead atoms. The van der Waals surface area contributed by atoms with Crippen molar-refractivity contribution >= 4 is 17.3 Å². The van der Waals surface area contributed by atoms with E-state index in [1.54, 1.807) is 48.4 Å². The summed E-state index contributed by atoms with van der Waals surface area (Å²) >= 11 is 0. The highest BCUT2D eigenvalue weighted by molar-refractivity contribution is 6.05. The van der Waals surface area contributed by atoms with Crippen molar-refractivity contribution in [2.24, 2.45) is 7.05 Å². The Labute approximate surface area is 158 Å². The second-order valence-electron chi connectivity index (χ2n) is 6.10. The number of amides is 1. The van der Waals surface area contributed by atoms with E-state index in [0.717, 1.165) is 5.56 Å². The zero-order valence-corrected chi connectivity index (χ0v) is 14.8. The van der Waals surface area contributed by atoms with Crippen LogP contribution in [0.4, 0.5) is 15.8 Å². The molecule has 140 valence electrons. The minimum atomic E-state index is -0.567. The van der Waals surface area contributed by atoms with Gasteiger partial charge in [0.15, 0.2) is 11.5 Å². The van der Waals surface area contributed by atoms with Crippen LogP contribution in [0.5, 0.6) is 0 Å². The number of hydrogen-bond acceptors (Lipinski definition) is 6. The molecule has 1 aromatic carbocycles. The van der Waals surface area contributed by atoms with Crippen LogP contribution < -0.4 is 11.1 Å². The molecule has 0 saturated carbocycles. The second-order valence-corrected chi connectivity index (χ2v) is 6.10. The zero-order valence-electron chi connectivity index (χ0n) is 14.8. The average molecular weight is 378 g/mol. The molecule has 0 aliphatic carbocycles. The average Bonchev–Trinajstić information content (AvgIpc) is 3.33. The SMILES string of the molecule is Cn1cc(-c2cc(C(=O)Nc3cc(-c4ccc(F)nc4)ccc3N)no2)cn1. The summed E-state index contributed by atoms with van der Waals surface area (Å²) in [5.41, 5.74) is 8.98. The molecule has 0 aliphatic rings. The Kier molecular flexibility index (Phi) is 4.32. The fraction of sp³-hybridized carbons (Fsp3) is 0.0526. The smallest absolute Gasteiger partial charge is 0.277 e. The van der Waals surface area contributed by atoms with Crippen LogP contribution in [0.2, 0.25) is 0 Å². The van der Waals surface area contributed by atoms with E-state index in [1.807, 2.05) is 0 Å². The maximum absolute atomic E-state index is 13.0. The Balaban J connectivity index is 1.57. The highest BCUT2D eigenvalue weighted by Crippen LogP contribution is 2.28.